The van der Waals surface area contributed by atoms with E-state index in [-0.39, 0.29) is 25.7 Å². The fourth-order valence-electron chi connectivity index (χ4n) is 10.4. The van der Waals surface area contributed by atoms with E-state index >= 15 is 0 Å². The fourth-order valence-corrected chi connectivity index (χ4v) is 11.9. The first-order valence-electron chi connectivity index (χ1n) is 36.1. The molecule has 4 unspecified atom stereocenters. The lowest BCUT2D eigenvalue weighted by atomic mass is 9.99. The SMILES string of the molecule is CCCCCCCCCCCC(=O)OC[C@H](COP(=O)(O)OC[C@H](O)COP(=O)(O)OC[C@@H](COC(=O)CCCCCCCCCCC(C)CC)OC(=O)CCCCCCCCCCCCCCCCC(C)CC)OC(=O)CCCCCCCCCCC. The molecule has 0 aromatic carbocycles. The summed E-state index contributed by atoms with van der Waals surface area (Å²) in [6.45, 7) is 9.56. The van der Waals surface area contributed by atoms with Crippen LogP contribution in [0.25, 0.3) is 0 Å². The topological polar surface area (TPSA) is 237 Å². The van der Waals surface area contributed by atoms with Gasteiger partial charge in [-0.2, -0.15) is 0 Å². The van der Waals surface area contributed by atoms with E-state index in [1.54, 1.807) is 0 Å². The number of phosphoric ester groups is 2. The molecule has 0 saturated heterocycles. The highest BCUT2D eigenvalue weighted by Crippen LogP contribution is 2.45. The lowest BCUT2D eigenvalue weighted by Crippen LogP contribution is -2.30. The molecule has 0 radical (unpaired) electrons. The van der Waals surface area contributed by atoms with Crippen LogP contribution >= 0.6 is 15.6 Å². The highest BCUT2D eigenvalue weighted by atomic mass is 31.2. The molecule has 0 fully saturated rings. The van der Waals surface area contributed by atoms with Gasteiger partial charge in [0.1, 0.15) is 19.3 Å². The Morgan fingerprint density at radius 2 is 0.545 bits per heavy atom. The summed E-state index contributed by atoms with van der Waals surface area (Å²) in [5.74, 6) is -0.505. The second-order valence-electron chi connectivity index (χ2n) is 25.4. The van der Waals surface area contributed by atoms with Gasteiger partial charge in [0.25, 0.3) is 0 Å². The molecule has 0 aromatic heterocycles. The predicted octanol–water partition coefficient (Wildman–Crippen LogP) is 19.6. The average Bonchev–Trinajstić information content (AvgIpc) is 3.69. The molecule has 0 spiro atoms. The van der Waals surface area contributed by atoms with Gasteiger partial charge in [0.2, 0.25) is 0 Å². The van der Waals surface area contributed by atoms with Gasteiger partial charge in [-0.1, -0.05) is 298 Å². The Bertz CT molecular complexity index is 1720. The van der Waals surface area contributed by atoms with Crippen molar-refractivity contribution in [2.75, 3.05) is 39.6 Å². The first kappa shape index (κ1) is 86.1. The van der Waals surface area contributed by atoms with Crippen molar-refractivity contribution in [1.29, 1.82) is 0 Å². The van der Waals surface area contributed by atoms with Gasteiger partial charge in [0.15, 0.2) is 12.2 Å². The van der Waals surface area contributed by atoms with Crippen molar-refractivity contribution in [2.45, 2.75) is 368 Å². The molecule has 0 aliphatic rings. The minimum Gasteiger partial charge on any atom is -0.462 e. The second-order valence-corrected chi connectivity index (χ2v) is 28.3. The number of hydrogen-bond acceptors (Lipinski definition) is 15. The molecule has 0 bridgehead atoms. The van der Waals surface area contributed by atoms with Gasteiger partial charge in [-0.3, -0.25) is 37.3 Å². The first-order chi connectivity index (χ1) is 42.4. The minimum absolute atomic E-state index is 0.106. The Hall–Kier alpha value is -1.94. The van der Waals surface area contributed by atoms with E-state index in [1.165, 1.54) is 167 Å². The van der Waals surface area contributed by atoms with Crippen molar-refractivity contribution in [1.82, 2.24) is 0 Å². The first-order valence-corrected chi connectivity index (χ1v) is 39.1. The van der Waals surface area contributed by atoms with Gasteiger partial charge >= 0.3 is 39.5 Å². The summed E-state index contributed by atoms with van der Waals surface area (Å²) in [5.41, 5.74) is 0. The molecule has 88 heavy (non-hydrogen) atoms. The zero-order chi connectivity index (χ0) is 65.0. The van der Waals surface area contributed by atoms with Crippen molar-refractivity contribution in [3.05, 3.63) is 0 Å². The van der Waals surface area contributed by atoms with Crippen LogP contribution in [0.1, 0.15) is 350 Å². The van der Waals surface area contributed by atoms with Gasteiger partial charge in [0, 0.05) is 25.7 Å². The molecule has 522 valence electrons. The van der Waals surface area contributed by atoms with Crippen molar-refractivity contribution < 1.29 is 80.2 Å². The maximum atomic E-state index is 13.0. The van der Waals surface area contributed by atoms with E-state index in [0.29, 0.717) is 25.7 Å². The smallest absolute Gasteiger partial charge is 0.462 e. The lowest BCUT2D eigenvalue weighted by molar-refractivity contribution is -0.161. The number of esters is 4. The van der Waals surface area contributed by atoms with Crippen LogP contribution in [0.15, 0.2) is 0 Å². The Labute approximate surface area is 537 Å². The number of carbonyl (C=O) groups excluding carboxylic acids is 4. The van der Waals surface area contributed by atoms with E-state index in [9.17, 15) is 43.2 Å². The number of aliphatic hydroxyl groups excluding tert-OH is 1. The molecule has 17 nitrogen and oxygen atoms in total. The van der Waals surface area contributed by atoms with Gasteiger partial charge in [-0.05, 0) is 37.5 Å². The van der Waals surface area contributed by atoms with Crippen molar-refractivity contribution in [3.8, 4) is 0 Å². The quantitative estimate of drug-likeness (QED) is 0.0222. The molecule has 0 aliphatic carbocycles. The van der Waals surface area contributed by atoms with Crippen LogP contribution in [0, 0.1) is 11.8 Å². The van der Waals surface area contributed by atoms with Crippen molar-refractivity contribution >= 4 is 39.5 Å². The summed E-state index contributed by atoms with van der Waals surface area (Å²) >= 11 is 0. The van der Waals surface area contributed by atoms with Crippen LogP contribution in [-0.4, -0.2) is 96.7 Å². The van der Waals surface area contributed by atoms with E-state index in [0.717, 1.165) is 102 Å². The van der Waals surface area contributed by atoms with Gasteiger partial charge < -0.3 is 33.8 Å². The second kappa shape index (κ2) is 61.3. The summed E-state index contributed by atoms with van der Waals surface area (Å²) in [7, 11) is -9.89. The zero-order valence-corrected chi connectivity index (χ0v) is 58.8. The van der Waals surface area contributed by atoms with E-state index < -0.39 is 97.5 Å². The molecular formula is C69H134O17P2. The molecule has 0 rings (SSSR count). The monoisotopic (exact) mass is 1300 g/mol. The van der Waals surface area contributed by atoms with Crippen molar-refractivity contribution in [3.63, 3.8) is 0 Å². The van der Waals surface area contributed by atoms with Crippen LogP contribution in [-0.2, 0) is 65.4 Å². The van der Waals surface area contributed by atoms with Crippen LogP contribution < -0.4 is 0 Å². The lowest BCUT2D eigenvalue weighted by Gasteiger charge is -2.21. The number of rotatable bonds is 68. The summed E-state index contributed by atoms with van der Waals surface area (Å²) in [5, 5.41) is 10.6. The summed E-state index contributed by atoms with van der Waals surface area (Å²) < 4.78 is 68.1. The number of hydrogen-bond donors (Lipinski definition) is 3. The predicted molar refractivity (Wildman–Crippen MR) is 354 cm³/mol. The third kappa shape index (κ3) is 60.3. The Morgan fingerprint density at radius 3 is 0.807 bits per heavy atom. The van der Waals surface area contributed by atoms with E-state index in [4.69, 9.17) is 37.0 Å². The molecule has 0 heterocycles. The molecule has 0 aromatic rings. The maximum absolute atomic E-state index is 13.0. The standard InChI is InChI=1S/C69H134O17P2/c1-7-11-13-15-17-25-33-39-45-51-66(71)79-57-64(85-68(73)53-47-41-35-26-18-16-14-12-8-2)59-83-87(75,76)81-55-63(70)56-82-88(77,78)84-60-65(58-80-67(72)52-46-40-34-30-29-32-38-44-50-62(6)10-4)86-69(74)54-48-42-36-28-24-22-20-19-21-23-27-31-37-43-49-61(5)9-3/h61-65,70H,7-60H2,1-6H3,(H,75,76)(H,77,78)/t61?,62?,63-,64+,65+/m0/s1. The highest BCUT2D eigenvalue weighted by molar-refractivity contribution is 7.47. The van der Waals surface area contributed by atoms with Gasteiger partial charge in [-0.15, -0.1) is 0 Å². The molecule has 0 aliphatic heterocycles. The van der Waals surface area contributed by atoms with E-state index in [2.05, 4.69) is 41.5 Å². The molecule has 0 saturated carbocycles. The summed E-state index contributed by atoms with van der Waals surface area (Å²) in [6, 6.07) is 0. The van der Waals surface area contributed by atoms with Crippen LogP contribution in [0.2, 0.25) is 0 Å². The molecule has 0 amide bonds. The average molecular weight is 1300 g/mol. The number of ether oxygens (including phenoxy) is 4. The highest BCUT2D eigenvalue weighted by Gasteiger charge is 2.30. The Balaban J connectivity index is 5.21. The number of unbranched alkanes of at least 4 members (excludes halogenated alkanes) is 36. The zero-order valence-electron chi connectivity index (χ0n) is 57.0. The van der Waals surface area contributed by atoms with Crippen LogP contribution in [0.3, 0.4) is 0 Å². The number of carbonyl (C=O) groups is 4. The molecular weight excluding hydrogens is 1160 g/mol. The van der Waals surface area contributed by atoms with Crippen molar-refractivity contribution in [2.24, 2.45) is 11.8 Å². The minimum atomic E-state index is -4.95. The molecule has 7 atom stereocenters. The Morgan fingerprint density at radius 1 is 0.318 bits per heavy atom. The third-order valence-electron chi connectivity index (χ3n) is 16.7. The van der Waals surface area contributed by atoms with Gasteiger partial charge in [-0.25, -0.2) is 9.13 Å². The van der Waals surface area contributed by atoms with Crippen LogP contribution in [0.5, 0.6) is 0 Å². The van der Waals surface area contributed by atoms with E-state index in [1.807, 2.05) is 0 Å². The largest absolute Gasteiger partial charge is 0.472 e. The Kier molecular flexibility index (Phi) is 59.9. The fraction of sp³-hybridized carbons (Fsp3) is 0.942. The third-order valence-corrected chi connectivity index (χ3v) is 18.6. The normalized spacial score (nSPS) is 14.8. The maximum Gasteiger partial charge on any atom is 0.472 e. The summed E-state index contributed by atoms with van der Waals surface area (Å²) in [6.07, 6.45) is 45.7. The molecule has 19 heteroatoms. The molecule has 3 N–H and O–H groups in total. The van der Waals surface area contributed by atoms with Gasteiger partial charge in [0.05, 0.1) is 26.4 Å². The van der Waals surface area contributed by atoms with Crippen LogP contribution in [0.4, 0.5) is 0 Å². The number of aliphatic hydroxyl groups is 1. The summed E-state index contributed by atoms with van der Waals surface area (Å²) in [4.78, 5) is 72.4. The number of phosphoric acid groups is 2.